The van der Waals surface area contributed by atoms with Gasteiger partial charge in [-0.3, -0.25) is 0 Å². The molecule has 0 aliphatic heterocycles. The Morgan fingerprint density at radius 1 is 1.18 bits per heavy atom. The first kappa shape index (κ1) is 10.6. The first-order chi connectivity index (χ1) is 4.75. The van der Waals surface area contributed by atoms with Crippen LogP contribution in [0.1, 0.15) is 6.92 Å². The van der Waals surface area contributed by atoms with Crippen LogP contribution in [0.3, 0.4) is 0 Å². The summed E-state index contributed by atoms with van der Waals surface area (Å²) in [6.07, 6.45) is -7.70. The summed E-state index contributed by atoms with van der Waals surface area (Å²) in [4.78, 5) is 0. The lowest BCUT2D eigenvalue weighted by atomic mass is 10.2. The van der Waals surface area contributed by atoms with E-state index in [4.69, 9.17) is 0 Å². The molecule has 1 unspecified atom stereocenters. The molecule has 0 spiro atoms. The van der Waals surface area contributed by atoms with Gasteiger partial charge in [-0.2, -0.15) is 17.6 Å². The quantitative estimate of drug-likeness (QED) is 0.602. The Balaban J connectivity index is 4.53. The predicted octanol–water partition coefficient (Wildman–Crippen LogP) is 2.22. The number of alkyl halides is 5. The van der Waals surface area contributed by atoms with E-state index in [0.29, 0.717) is 14.0 Å². The highest BCUT2D eigenvalue weighted by molar-refractivity contribution is 4.81. The van der Waals surface area contributed by atoms with Crippen molar-refractivity contribution in [1.82, 2.24) is 0 Å². The Hall–Kier alpha value is -0.390. The maximum Gasteiger partial charge on any atom is 0.422 e. The van der Waals surface area contributed by atoms with Gasteiger partial charge in [-0.1, -0.05) is 0 Å². The molecule has 0 heterocycles. The molecule has 0 fully saturated rings. The van der Waals surface area contributed by atoms with Crippen molar-refractivity contribution in [2.24, 2.45) is 0 Å². The molecule has 0 bridgehead atoms. The zero-order chi connectivity index (χ0) is 9.28. The van der Waals surface area contributed by atoms with Gasteiger partial charge in [0.25, 0.3) is 0 Å². The summed E-state index contributed by atoms with van der Waals surface area (Å²) in [5.41, 5.74) is 0. The summed E-state index contributed by atoms with van der Waals surface area (Å²) in [6, 6.07) is 0. The molecule has 0 aromatic rings. The summed E-state index contributed by atoms with van der Waals surface area (Å²) in [5, 5.41) is 0. The average molecular weight is 178 g/mol. The first-order valence-corrected chi connectivity index (χ1v) is 2.70. The Labute approximate surface area is 60.1 Å². The van der Waals surface area contributed by atoms with Crippen LogP contribution in [0.2, 0.25) is 0 Å². The second-order valence-corrected chi connectivity index (χ2v) is 1.96. The van der Waals surface area contributed by atoms with Crippen LogP contribution in [0.5, 0.6) is 0 Å². The third-order valence-electron chi connectivity index (χ3n) is 1.14. The molecule has 6 heteroatoms. The molecule has 0 aromatic heterocycles. The molecule has 0 radical (unpaired) electrons. The van der Waals surface area contributed by atoms with Gasteiger partial charge in [0.15, 0.2) is 6.17 Å². The molecule has 0 N–H and O–H groups in total. The molecular weight excluding hydrogens is 171 g/mol. The van der Waals surface area contributed by atoms with Crippen LogP contribution in [0.25, 0.3) is 0 Å². The third kappa shape index (κ3) is 1.79. The SMILES string of the molecule is COC(F)(F)C(F)(F)C(C)F. The van der Waals surface area contributed by atoms with Crippen LogP contribution >= 0.6 is 0 Å². The number of hydrogen-bond donors (Lipinski definition) is 0. The van der Waals surface area contributed by atoms with Gasteiger partial charge < -0.3 is 4.74 Å². The molecule has 68 valence electrons. The number of methoxy groups -OCH3 is 1. The van der Waals surface area contributed by atoms with Gasteiger partial charge in [-0.25, -0.2) is 4.39 Å². The lowest BCUT2D eigenvalue weighted by Gasteiger charge is -2.25. The monoisotopic (exact) mass is 178 g/mol. The van der Waals surface area contributed by atoms with Gasteiger partial charge >= 0.3 is 12.0 Å². The van der Waals surface area contributed by atoms with Crippen molar-refractivity contribution in [2.75, 3.05) is 7.11 Å². The van der Waals surface area contributed by atoms with Gasteiger partial charge in [0, 0.05) is 7.11 Å². The topological polar surface area (TPSA) is 9.23 Å². The third-order valence-corrected chi connectivity index (χ3v) is 1.14. The van der Waals surface area contributed by atoms with Crippen LogP contribution in [-0.4, -0.2) is 25.3 Å². The summed E-state index contributed by atoms with van der Waals surface area (Å²) < 4.78 is 63.1. The highest BCUT2D eigenvalue weighted by Crippen LogP contribution is 2.38. The summed E-state index contributed by atoms with van der Waals surface area (Å²) in [6.45, 7) is 0.340. The lowest BCUT2D eigenvalue weighted by molar-refractivity contribution is -0.351. The summed E-state index contributed by atoms with van der Waals surface area (Å²) in [7, 11) is 0.385. The van der Waals surface area contributed by atoms with E-state index in [-0.39, 0.29) is 0 Å². The highest BCUT2D eigenvalue weighted by Gasteiger charge is 2.61. The van der Waals surface area contributed by atoms with E-state index in [9.17, 15) is 22.0 Å². The van der Waals surface area contributed by atoms with Crippen LogP contribution < -0.4 is 0 Å². The van der Waals surface area contributed by atoms with Crippen molar-refractivity contribution in [1.29, 1.82) is 0 Å². The fourth-order valence-corrected chi connectivity index (χ4v) is 0.368. The Morgan fingerprint density at radius 2 is 1.55 bits per heavy atom. The first-order valence-electron chi connectivity index (χ1n) is 2.70. The minimum absolute atomic E-state index is 0.340. The van der Waals surface area contributed by atoms with E-state index < -0.39 is 18.2 Å². The van der Waals surface area contributed by atoms with Crippen molar-refractivity contribution < 1.29 is 26.7 Å². The van der Waals surface area contributed by atoms with E-state index in [0.717, 1.165) is 0 Å². The lowest BCUT2D eigenvalue weighted by Crippen LogP contribution is -2.47. The molecule has 0 amide bonds. The number of halogens is 5. The second kappa shape index (κ2) is 2.92. The van der Waals surface area contributed by atoms with Crippen molar-refractivity contribution >= 4 is 0 Å². The fourth-order valence-electron chi connectivity index (χ4n) is 0.368. The van der Waals surface area contributed by atoms with Crippen molar-refractivity contribution in [3.05, 3.63) is 0 Å². The second-order valence-electron chi connectivity index (χ2n) is 1.96. The van der Waals surface area contributed by atoms with Gasteiger partial charge in [0.1, 0.15) is 0 Å². The van der Waals surface area contributed by atoms with Crippen LogP contribution in [0, 0.1) is 0 Å². The summed E-state index contributed by atoms with van der Waals surface area (Å²) in [5.74, 6) is -4.78. The standard InChI is InChI=1S/C5H7F5O/c1-3(6)4(7,8)5(9,10)11-2/h3H,1-2H3. The Bertz CT molecular complexity index is 133. The van der Waals surface area contributed by atoms with E-state index in [2.05, 4.69) is 4.74 Å². The molecule has 0 saturated carbocycles. The van der Waals surface area contributed by atoms with Crippen molar-refractivity contribution in [3.63, 3.8) is 0 Å². The molecule has 0 aliphatic rings. The molecule has 0 rings (SSSR count). The smallest absolute Gasteiger partial charge is 0.319 e. The van der Waals surface area contributed by atoms with E-state index in [1.54, 1.807) is 0 Å². The largest absolute Gasteiger partial charge is 0.422 e. The van der Waals surface area contributed by atoms with Crippen molar-refractivity contribution in [2.45, 2.75) is 25.1 Å². The molecule has 0 saturated heterocycles. The van der Waals surface area contributed by atoms with E-state index in [1.807, 2.05) is 0 Å². The molecular formula is C5H7F5O. The molecule has 1 atom stereocenters. The minimum atomic E-state index is -4.78. The van der Waals surface area contributed by atoms with E-state index >= 15 is 0 Å². The maximum absolute atomic E-state index is 12.1. The van der Waals surface area contributed by atoms with E-state index in [1.165, 1.54) is 0 Å². The van der Waals surface area contributed by atoms with Gasteiger partial charge in [-0.05, 0) is 6.92 Å². The zero-order valence-electron chi connectivity index (χ0n) is 5.88. The van der Waals surface area contributed by atoms with Crippen LogP contribution in [-0.2, 0) is 4.74 Å². The molecule has 1 nitrogen and oxygen atoms in total. The minimum Gasteiger partial charge on any atom is -0.319 e. The fraction of sp³-hybridized carbons (Fsp3) is 1.00. The van der Waals surface area contributed by atoms with Crippen LogP contribution in [0.4, 0.5) is 22.0 Å². The number of ether oxygens (including phenoxy) is 1. The van der Waals surface area contributed by atoms with Gasteiger partial charge in [0.2, 0.25) is 0 Å². The maximum atomic E-state index is 12.1. The molecule has 0 aliphatic carbocycles. The Kier molecular flexibility index (Phi) is 2.82. The number of rotatable bonds is 3. The van der Waals surface area contributed by atoms with Gasteiger partial charge in [-0.15, -0.1) is 0 Å². The van der Waals surface area contributed by atoms with Crippen LogP contribution in [0.15, 0.2) is 0 Å². The van der Waals surface area contributed by atoms with Gasteiger partial charge in [0.05, 0.1) is 0 Å². The zero-order valence-corrected chi connectivity index (χ0v) is 5.88. The molecule has 0 aromatic carbocycles. The molecule has 11 heavy (non-hydrogen) atoms. The average Bonchev–Trinajstić information content (AvgIpc) is 1.87. The summed E-state index contributed by atoms with van der Waals surface area (Å²) >= 11 is 0. The predicted molar refractivity (Wildman–Crippen MR) is 27.5 cm³/mol. The normalized spacial score (nSPS) is 16.6. The number of hydrogen-bond acceptors (Lipinski definition) is 1. The Morgan fingerprint density at radius 3 is 1.64 bits per heavy atom. The highest BCUT2D eigenvalue weighted by atomic mass is 19.3. The van der Waals surface area contributed by atoms with Crippen molar-refractivity contribution in [3.8, 4) is 0 Å².